The SMILES string of the molecule is O=C(COc1ccccc1Cc1ccccc1)N1CCC(N2CCNCC2)C1. The van der Waals surface area contributed by atoms with E-state index in [1.807, 2.05) is 41.3 Å². The molecule has 1 N–H and O–H groups in total. The van der Waals surface area contributed by atoms with Gasteiger partial charge in [-0.05, 0) is 23.6 Å². The minimum atomic E-state index is 0.0900. The molecule has 0 aromatic heterocycles. The minimum absolute atomic E-state index is 0.0900. The summed E-state index contributed by atoms with van der Waals surface area (Å²) >= 11 is 0. The van der Waals surface area contributed by atoms with Gasteiger partial charge in [0.15, 0.2) is 6.61 Å². The van der Waals surface area contributed by atoms with E-state index in [1.165, 1.54) is 5.56 Å². The lowest BCUT2D eigenvalue weighted by atomic mass is 10.0. The predicted molar refractivity (Wildman–Crippen MR) is 111 cm³/mol. The molecule has 1 unspecified atom stereocenters. The summed E-state index contributed by atoms with van der Waals surface area (Å²) < 4.78 is 5.95. The van der Waals surface area contributed by atoms with Crippen LogP contribution in [-0.4, -0.2) is 67.6 Å². The molecule has 2 aliphatic heterocycles. The van der Waals surface area contributed by atoms with Crippen LogP contribution < -0.4 is 10.1 Å². The summed E-state index contributed by atoms with van der Waals surface area (Å²) in [7, 11) is 0. The number of ether oxygens (including phenoxy) is 1. The fourth-order valence-corrected chi connectivity index (χ4v) is 4.15. The van der Waals surface area contributed by atoms with Crippen LogP contribution in [0.3, 0.4) is 0 Å². The van der Waals surface area contributed by atoms with Crippen molar-refractivity contribution < 1.29 is 9.53 Å². The number of carbonyl (C=O) groups is 1. The summed E-state index contributed by atoms with van der Waals surface area (Å²) in [6.07, 6.45) is 1.87. The van der Waals surface area contributed by atoms with Crippen molar-refractivity contribution in [1.29, 1.82) is 0 Å². The van der Waals surface area contributed by atoms with Gasteiger partial charge in [-0.25, -0.2) is 0 Å². The standard InChI is InChI=1S/C23H29N3O2/c27-23(26-13-10-21(17-26)25-14-11-24-12-15-25)18-28-22-9-5-4-8-20(22)16-19-6-2-1-3-7-19/h1-9,21,24H,10-18H2. The van der Waals surface area contributed by atoms with E-state index in [9.17, 15) is 4.79 Å². The molecule has 0 saturated carbocycles. The zero-order valence-corrected chi connectivity index (χ0v) is 16.3. The fraction of sp³-hybridized carbons (Fsp3) is 0.435. The normalized spacial score (nSPS) is 20.3. The molecule has 2 saturated heterocycles. The summed E-state index contributed by atoms with van der Waals surface area (Å²) in [4.78, 5) is 17.2. The molecule has 148 valence electrons. The van der Waals surface area contributed by atoms with Crippen LogP contribution in [0.5, 0.6) is 5.75 Å². The average Bonchev–Trinajstić information content (AvgIpc) is 3.25. The Morgan fingerprint density at radius 2 is 1.75 bits per heavy atom. The second-order valence-electron chi connectivity index (χ2n) is 7.63. The van der Waals surface area contributed by atoms with Gasteiger partial charge in [0.25, 0.3) is 5.91 Å². The molecule has 2 heterocycles. The number of rotatable bonds is 6. The number of amides is 1. The minimum Gasteiger partial charge on any atom is -0.483 e. The monoisotopic (exact) mass is 379 g/mol. The summed E-state index contributed by atoms with van der Waals surface area (Å²) in [5.74, 6) is 0.893. The number of para-hydroxylation sites is 1. The van der Waals surface area contributed by atoms with Crippen LogP contribution in [0.1, 0.15) is 17.5 Å². The van der Waals surface area contributed by atoms with Crippen LogP contribution in [0.15, 0.2) is 54.6 Å². The molecule has 5 nitrogen and oxygen atoms in total. The summed E-state index contributed by atoms with van der Waals surface area (Å²) in [5, 5.41) is 3.39. The maximum atomic E-state index is 12.7. The van der Waals surface area contributed by atoms with Gasteiger partial charge >= 0.3 is 0 Å². The predicted octanol–water partition coefficient (Wildman–Crippen LogP) is 2.16. The summed E-state index contributed by atoms with van der Waals surface area (Å²) in [5.41, 5.74) is 2.35. The molecule has 0 radical (unpaired) electrons. The van der Waals surface area contributed by atoms with Crippen molar-refractivity contribution >= 4 is 5.91 Å². The van der Waals surface area contributed by atoms with Crippen molar-refractivity contribution in [3.63, 3.8) is 0 Å². The van der Waals surface area contributed by atoms with Crippen molar-refractivity contribution in [2.24, 2.45) is 0 Å². The third-order valence-electron chi connectivity index (χ3n) is 5.75. The van der Waals surface area contributed by atoms with Crippen molar-refractivity contribution in [2.75, 3.05) is 45.9 Å². The number of benzene rings is 2. The number of nitrogens with zero attached hydrogens (tertiary/aromatic N) is 2. The Balaban J connectivity index is 1.31. The maximum absolute atomic E-state index is 12.7. The molecule has 2 fully saturated rings. The first-order valence-corrected chi connectivity index (χ1v) is 10.3. The number of hydrogen-bond acceptors (Lipinski definition) is 4. The molecule has 5 heteroatoms. The first kappa shape index (κ1) is 19.0. The largest absolute Gasteiger partial charge is 0.483 e. The highest BCUT2D eigenvalue weighted by atomic mass is 16.5. The molecular formula is C23H29N3O2. The van der Waals surface area contributed by atoms with Gasteiger partial charge in [-0.1, -0.05) is 48.5 Å². The first-order chi connectivity index (χ1) is 13.8. The van der Waals surface area contributed by atoms with Crippen molar-refractivity contribution in [2.45, 2.75) is 18.9 Å². The molecule has 4 rings (SSSR count). The van der Waals surface area contributed by atoms with Gasteiger partial charge in [0.05, 0.1) is 0 Å². The Labute approximate surface area is 167 Å². The van der Waals surface area contributed by atoms with E-state index in [4.69, 9.17) is 4.74 Å². The molecule has 2 aliphatic rings. The number of nitrogens with one attached hydrogen (secondary N) is 1. The number of hydrogen-bond donors (Lipinski definition) is 1. The number of likely N-dealkylation sites (tertiary alicyclic amines) is 1. The highest BCUT2D eigenvalue weighted by Gasteiger charge is 2.31. The van der Waals surface area contributed by atoms with E-state index in [1.54, 1.807) is 0 Å². The molecule has 28 heavy (non-hydrogen) atoms. The maximum Gasteiger partial charge on any atom is 0.260 e. The van der Waals surface area contributed by atoms with Crippen LogP contribution in [-0.2, 0) is 11.2 Å². The van der Waals surface area contributed by atoms with E-state index in [0.29, 0.717) is 6.04 Å². The lowest BCUT2D eigenvalue weighted by Crippen LogP contribution is -2.49. The molecular weight excluding hydrogens is 350 g/mol. The van der Waals surface area contributed by atoms with E-state index < -0.39 is 0 Å². The fourth-order valence-electron chi connectivity index (χ4n) is 4.15. The van der Waals surface area contributed by atoms with Gasteiger partial charge in [0, 0.05) is 51.7 Å². The van der Waals surface area contributed by atoms with E-state index in [-0.39, 0.29) is 12.5 Å². The third kappa shape index (κ3) is 4.72. The van der Waals surface area contributed by atoms with Gasteiger partial charge in [0.1, 0.15) is 5.75 Å². The second kappa shape index (κ2) is 9.22. The molecule has 0 spiro atoms. The average molecular weight is 380 g/mol. The van der Waals surface area contributed by atoms with Crippen LogP contribution in [0, 0.1) is 0 Å². The molecule has 1 amide bonds. The highest BCUT2D eigenvalue weighted by Crippen LogP contribution is 2.22. The van der Waals surface area contributed by atoms with Crippen molar-refractivity contribution in [1.82, 2.24) is 15.1 Å². The number of carbonyl (C=O) groups excluding carboxylic acids is 1. The Morgan fingerprint density at radius 1 is 1.00 bits per heavy atom. The van der Waals surface area contributed by atoms with Gasteiger partial charge in [-0.2, -0.15) is 0 Å². The van der Waals surface area contributed by atoms with E-state index >= 15 is 0 Å². The lowest BCUT2D eigenvalue weighted by molar-refractivity contribution is -0.132. The van der Waals surface area contributed by atoms with E-state index in [2.05, 4.69) is 28.4 Å². The topological polar surface area (TPSA) is 44.8 Å². The number of piperazine rings is 1. The van der Waals surface area contributed by atoms with Crippen LogP contribution in [0.25, 0.3) is 0 Å². The molecule has 0 bridgehead atoms. The molecule has 0 aliphatic carbocycles. The third-order valence-corrected chi connectivity index (χ3v) is 5.75. The van der Waals surface area contributed by atoms with Crippen molar-refractivity contribution in [3.05, 3.63) is 65.7 Å². The zero-order valence-electron chi connectivity index (χ0n) is 16.3. The van der Waals surface area contributed by atoms with Crippen LogP contribution in [0.4, 0.5) is 0 Å². The van der Waals surface area contributed by atoms with Crippen LogP contribution in [0.2, 0.25) is 0 Å². The molecule has 1 atom stereocenters. The Bertz CT molecular complexity index is 774. The van der Waals surface area contributed by atoms with Gasteiger partial charge in [0.2, 0.25) is 0 Å². The first-order valence-electron chi connectivity index (χ1n) is 10.3. The molecule has 2 aromatic carbocycles. The van der Waals surface area contributed by atoms with Gasteiger partial charge in [-0.15, -0.1) is 0 Å². The van der Waals surface area contributed by atoms with Gasteiger partial charge in [-0.3, -0.25) is 9.69 Å². The van der Waals surface area contributed by atoms with Gasteiger partial charge < -0.3 is 15.0 Å². The summed E-state index contributed by atoms with van der Waals surface area (Å²) in [6, 6.07) is 18.9. The smallest absolute Gasteiger partial charge is 0.260 e. The van der Waals surface area contributed by atoms with Crippen LogP contribution >= 0.6 is 0 Å². The lowest BCUT2D eigenvalue weighted by Gasteiger charge is -2.32. The quantitative estimate of drug-likeness (QED) is 0.836. The highest BCUT2D eigenvalue weighted by molar-refractivity contribution is 5.78. The summed E-state index contributed by atoms with van der Waals surface area (Å²) in [6.45, 7) is 6.03. The zero-order chi connectivity index (χ0) is 19.2. The van der Waals surface area contributed by atoms with Crippen molar-refractivity contribution in [3.8, 4) is 5.75 Å². The van der Waals surface area contributed by atoms with E-state index in [0.717, 1.165) is 63.4 Å². The Hall–Kier alpha value is -2.37. The Kier molecular flexibility index (Phi) is 6.24. The molecule has 2 aromatic rings. The second-order valence-corrected chi connectivity index (χ2v) is 7.63. The Morgan fingerprint density at radius 3 is 2.57 bits per heavy atom.